The quantitative estimate of drug-likeness (QED) is 0.208. The zero-order valence-corrected chi connectivity index (χ0v) is 23.9. The zero-order chi connectivity index (χ0) is 28.6. The van der Waals surface area contributed by atoms with Crippen LogP contribution < -0.4 is 0 Å². The number of alkyl halides is 1. The maximum Gasteiger partial charge on any atom is 0.326 e. The lowest BCUT2D eigenvalue weighted by Gasteiger charge is -2.23. The van der Waals surface area contributed by atoms with Crippen LogP contribution in [0.25, 0.3) is 16.9 Å². The Morgan fingerprint density at radius 2 is 1.60 bits per heavy atom. The Bertz CT molecular complexity index is 1450. The number of halogens is 3. The number of rotatable bonds is 7. The Labute approximate surface area is 248 Å². The molecule has 6 nitrogen and oxygen atoms in total. The van der Waals surface area contributed by atoms with Crippen molar-refractivity contribution in [2.75, 3.05) is 0 Å². The number of nitrogens with zero attached hydrogens (tertiary/aromatic N) is 2. The summed E-state index contributed by atoms with van der Waals surface area (Å²) in [5.74, 6) is -1.42. The molecule has 0 saturated heterocycles. The number of aromatic nitrogens is 2. The number of hydrogen-bond donors (Lipinski definition) is 2. The van der Waals surface area contributed by atoms with Gasteiger partial charge in [0, 0.05) is 27.4 Å². The summed E-state index contributed by atoms with van der Waals surface area (Å²) >= 11 is 18.0. The summed E-state index contributed by atoms with van der Waals surface area (Å²) in [4.78, 5) is 21.9. The first-order valence-corrected chi connectivity index (χ1v) is 14.2. The van der Waals surface area contributed by atoms with E-state index < -0.39 is 17.3 Å². The second-order valence-electron chi connectivity index (χ2n) is 9.68. The molecule has 5 rings (SSSR count). The van der Waals surface area contributed by atoms with Gasteiger partial charge in [-0.1, -0.05) is 84.9 Å². The molecule has 208 valence electrons. The summed E-state index contributed by atoms with van der Waals surface area (Å²) in [5, 5.41) is 22.8. The summed E-state index contributed by atoms with van der Waals surface area (Å²) in [6.45, 7) is 0. The number of hydrogen-bond acceptors (Lipinski definition) is 3. The minimum atomic E-state index is -1.04. The predicted molar refractivity (Wildman–Crippen MR) is 159 cm³/mol. The molecule has 0 amide bonds. The van der Waals surface area contributed by atoms with Crippen molar-refractivity contribution < 1.29 is 19.8 Å². The monoisotopic (exact) mass is 598 g/mol. The molecule has 1 saturated carbocycles. The van der Waals surface area contributed by atoms with Crippen molar-refractivity contribution >= 4 is 46.7 Å². The van der Waals surface area contributed by atoms with Crippen LogP contribution in [0.4, 0.5) is 0 Å². The van der Waals surface area contributed by atoms with Crippen molar-refractivity contribution in [3.05, 3.63) is 106 Å². The van der Waals surface area contributed by atoms with Crippen LogP contribution in [0.15, 0.2) is 79.0 Å². The third kappa shape index (κ3) is 7.66. The lowest BCUT2D eigenvalue weighted by molar-refractivity contribution is -0.137. The smallest absolute Gasteiger partial charge is 0.326 e. The largest absolute Gasteiger partial charge is 0.481 e. The van der Waals surface area contributed by atoms with Gasteiger partial charge in [-0.25, -0.2) is 4.68 Å². The fourth-order valence-corrected chi connectivity index (χ4v) is 5.46. The number of aliphatic carboxylic acids is 2. The maximum atomic E-state index is 11.1. The molecular weight excluding hydrogens is 571 g/mol. The highest BCUT2D eigenvalue weighted by Gasteiger charge is 2.21. The van der Waals surface area contributed by atoms with Crippen molar-refractivity contribution in [1.82, 2.24) is 9.78 Å². The fourth-order valence-electron chi connectivity index (χ4n) is 4.85. The third-order valence-corrected chi connectivity index (χ3v) is 7.87. The molecule has 3 aromatic carbocycles. The van der Waals surface area contributed by atoms with E-state index in [2.05, 4.69) is 5.10 Å². The van der Waals surface area contributed by atoms with Crippen LogP contribution in [0.2, 0.25) is 10.0 Å². The highest BCUT2D eigenvalue weighted by molar-refractivity contribution is 6.32. The molecule has 9 heteroatoms. The van der Waals surface area contributed by atoms with Gasteiger partial charge in [0.05, 0.1) is 17.8 Å². The van der Waals surface area contributed by atoms with Crippen molar-refractivity contribution in [3.8, 4) is 16.9 Å². The van der Waals surface area contributed by atoms with Gasteiger partial charge in [-0.2, -0.15) is 5.10 Å². The van der Waals surface area contributed by atoms with Crippen LogP contribution in [-0.2, 0) is 16.0 Å². The Morgan fingerprint density at radius 3 is 2.20 bits per heavy atom. The molecule has 1 aliphatic carbocycles. The number of carboxylic acids is 2. The van der Waals surface area contributed by atoms with Gasteiger partial charge in [0.25, 0.3) is 0 Å². The van der Waals surface area contributed by atoms with Gasteiger partial charge in [-0.3, -0.25) is 9.59 Å². The lowest BCUT2D eigenvalue weighted by atomic mass is 9.84. The van der Waals surface area contributed by atoms with Gasteiger partial charge in [0.1, 0.15) is 0 Å². The molecule has 4 aromatic rings. The second-order valence-corrected chi connectivity index (χ2v) is 11.0. The molecular formula is C31H29Cl3N2O4. The fraction of sp³-hybridized carbons (Fsp3) is 0.258. The number of para-hydroxylation sites is 1. The van der Waals surface area contributed by atoms with Crippen molar-refractivity contribution in [2.45, 2.75) is 49.8 Å². The van der Waals surface area contributed by atoms with E-state index in [9.17, 15) is 9.59 Å². The molecule has 1 unspecified atom stereocenters. The highest BCUT2D eigenvalue weighted by Crippen LogP contribution is 2.37. The summed E-state index contributed by atoms with van der Waals surface area (Å²) in [6.07, 6.45) is 7.81. The second kappa shape index (κ2) is 13.8. The topological polar surface area (TPSA) is 92.4 Å². The Balaban J connectivity index is 0.000000189. The molecule has 0 bridgehead atoms. The lowest BCUT2D eigenvalue weighted by Crippen LogP contribution is -2.08. The van der Waals surface area contributed by atoms with E-state index in [1.165, 1.54) is 32.1 Å². The molecule has 40 heavy (non-hydrogen) atoms. The number of carboxylic acid groups (broad SMARTS) is 2. The van der Waals surface area contributed by atoms with E-state index in [1.54, 1.807) is 35.1 Å². The first-order valence-electron chi connectivity index (χ1n) is 13.0. The summed E-state index contributed by atoms with van der Waals surface area (Å²) in [6, 6.07) is 22.2. The van der Waals surface area contributed by atoms with Gasteiger partial charge >= 0.3 is 11.9 Å². The minimum absolute atomic E-state index is 0.0786. The van der Waals surface area contributed by atoms with E-state index in [-0.39, 0.29) is 6.42 Å². The van der Waals surface area contributed by atoms with Crippen LogP contribution >= 0.6 is 34.8 Å². The van der Waals surface area contributed by atoms with Gasteiger partial charge < -0.3 is 10.2 Å². The van der Waals surface area contributed by atoms with Crippen LogP contribution in [0.3, 0.4) is 0 Å². The first kappa shape index (κ1) is 29.7. The Kier molecular flexibility index (Phi) is 10.3. The third-order valence-electron chi connectivity index (χ3n) is 6.85. The highest BCUT2D eigenvalue weighted by atomic mass is 35.5. The number of carbonyl (C=O) groups is 2. The molecule has 1 fully saturated rings. The van der Waals surface area contributed by atoms with E-state index in [0.717, 1.165) is 16.8 Å². The van der Waals surface area contributed by atoms with E-state index in [1.807, 2.05) is 48.5 Å². The van der Waals surface area contributed by atoms with Crippen LogP contribution in [0, 0.1) is 0 Å². The molecule has 0 spiro atoms. The van der Waals surface area contributed by atoms with Gasteiger partial charge in [-0.15, -0.1) is 11.6 Å². The Hall–Kier alpha value is -3.32. The van der Waals surface area contributed by atoms with Crippen LogP contribution in [0.1, 0.15) is 60.1 Å². The number of benzene rings is 3. The van der Waals surface area contributed by atoms with E-state index >= 15 is 0 Å². The van der Waals surface area contributed by atoms with E-state index in [4.69, 9.17) is 45.0 Å². The van der Waals surface area contributed by atoms with Crippen molar-refractivity contribution in [2.24, 2.45) is 0 Å². The molecule has 1 heterocycles. The summed E-state index contributed by atoms with van der Waals surface area (Å²) in [7, 11) is 0. The van der Waals surface area contributed by atoms with Crippen molar-refractivity contribution in [1.29, 1.82) is 0 Å². The maximum absolute atomic E-state index is 11.1. The summed E-state index contributed by atoms with van der Waals surface area (Å²) in [5.41, 5.74) is 4.73. The molecule has 2 N–H and O–H groups in total. The normalized spacial score (nSPS) is 14.2. The standard InChI is InChI=1S/C17H13ClN2O2.C14H16Cl2O2/c18-14-8-6-12(7-9-14)17-13(10-16(21)22)11-20(19-17)15-4-2-1-3-5-15;15-12-8-10(13(16)14(17)18)6-7-11(12)9-4-2-1-3-5-9/h1-9,11H,10H2,(H,21,22);6-9,13H,1-5H2,(H,17,18). The molecule has 1 aliphatic rings. The SMILES string of the molecule is O=C(O)C(Cl)c1ccc(C2CCCCC2)c(Cl)c1.O=C(O)Cc1cn(-c2ccccc2)nc1-c1ccc(Cl)cc1. The molecule has 0 aliphatic heterocycles. The van der Waals surface area contributed by atoms with Crippen LogP contribution in [0.5, 0.6) is 0 Å². The predicted octanol–water partition coefficient (Wildman–Crippen LogP) is 8.57. The molecule has 0 radical (unpaired) electrons. The van der Waals surface area contributed by atoms with Gasteiger partial charge in [0.2, 0.25) is 0 Å². The Morgan fingerprint density at radius 1 is 0.925 bits per heavy atom. The van der Waals surface area contributed by atoms with Crippen LogP contribution in [-0.4, -0.2) is 31.9 Å². The average Bonchev–Trinajstić information content (AvgIpc) is 3.37. The molecule has 1 aromatic heterocycles. The summed E-state index contributed by atoms with van der Waals surface area (Å²) < 4.78 is 1.70. The first-order chi connectivity index (χ1) is 19.2. The molecule has 1 atom stereocenters. The minimum Gasteiger partial charge on any atom is -0.481 e. The van der Waals surface area contributed by atoms with E-state index in [0.29, 0.717) is 32.8 Å². The van der Waals surface area contributed by atoms with Gasteiger partial charge in [-0.05, 0) is 60.2 Å². The average molecular weight is 600 g/mol. The zero-order valence-electron chi connectivity index (χ0n) is 21.6. The van der Waals surface area contributed by atoms with Gasteiger partial charge in [0.15, 0.2) is 5.38 Å². The van der Waals surface area contributed by atoms with Crippen molar-refractivity contribution in [3.63, 3.8) is 0 Å².